The van der Waals surface area contributed by atoms with Crippen LogP contribution in [0.15, 0.2) is 48.5 Å². The molecule has 3 rings (SSSR count). The summed E-state index contributed by atoms with van der Waals surface area (Å²) in [6, 6.07) is 12.0. The lowest BCUT2D eigenvalue weighted by Crippen LogP contribution is -2.19. The van der Waals surface area contributed by atoms with Crippen LogP contribution in [0, 0.1) is 5.82 Å². The molecular weight excluding hydrogens is 367 g/mol. The Labute approximate surface area is 151 Å². The van der Waals surface area contributed by atoms with Crippen LogP contribution >= 0.6 is 22.9 Å². The van der Waals surface area contributed by atoms with E-state index in [1.807, 2.05) is 12.1 Å². The first-order valence-electron chi connectivity index (χ1n) is 7.13. The molecule has 0 saturated heterocycles. The maximum Gasteiger partial charge on any atom is 0.325 e. The maximum absolute atomic E-state index is 12.8. The number of halogens is 2. The topological polar surface area (TPSA) is 76.1 Å². The molecule has 0 saturated carbocycles. The van der Waals surface area contributed by atoms with Crippen molar-refractivity contribution in [2.45, 2.75) is 6.61 Å². The average Bonchev–Trinajstić information content (AvgIpc) is 3.03. The van der Waals surface area contributed by atoms with Gasteiger partial charge in [0.25, 0.3) is 0 Å². The normalized spacial score (nSPS) is 10.3. The predicted molar refractivity (Wildman–Crippen MR) is 94.7 cm³/mol. The number of nitrogens with zero attached hydrogens (tertiary/aromatic N) is 2. The van der Waals surface area contributed by atoms with E-state index in [-0.39, 0.29) is 12.4 Å². The fraction of sp³-hybridized carbons (Fsp3) is 0.0625. The molecule has 2 amide bonds. The van der Waals surface area contributed by atoms with Crippen molar-refractivity contribution in [2.75, 3.05) is 10.6 Å². The zero-order chi connectivity index (χ0) is 17.6. The van der Waals surface area contributed by atoms with E-state index in [0.717, 1.165) is 0 Å². The average molecular weight is 379 g/mol. The minimum Gasteiger partial charge on any atom is -0.485 e. The second kappa shape index (κ2) is 7.91. The van der Waals surface area contributed by atoms with Gasteiger partial charge in [-0.15, -0.1) is 10.2 Å². The van der Waals surface area contributed by atoms with E-state index in [2.05, 4.69) is 20.8 Å². The van der Waals surface area contributed by atoms with Gasteiger partial charge in [-0.25, -0.2) is 9.18 Å². The van der Waals surface area contributed by atoms with Gasteiger partial charge in [-0.1, -0.05) is 35.1 Å². The zero-order valence-corrected chi connectivity index (χ0v) is 14.3. The zero-order valence-electron chi connectivity index (χ0n) is 12.7. The van der Waals surface area contributed by atoms with Crippen LogP contribution in [0.3, 0.4) is 0 Å². The number of para-hydroxylation sites is 1. The lowest BCUT2D eigenvalue weighted by molar-refractivity contribution is 0.262. The molecule has 0 unspecified atom stereocenters. The number of amides is 2. The number of urea groups is 1. The number of rotatable bonds is 5. The standard InChI is InChI=1S/C16H12ClFN4O2S/c17-12-3-1-2-4-13(12)24-9-14-21-22-16(25-14)20-15(23)19-11-7-5-10(18)6-8-11/h1-8H,9H2,(H2,19,20,22,23). The van der Waals surface area contributed by atoms with Crippen LogP contribution in [0.25, 0.3) is 0 Å². The van der Waals surface area contributed by atoms with Gasteiger partial charge in [0.15, 0.2) is 5.01 Å². The molecule has 128 valence electrons. The van der Waals surface area contributed by atoms with Crippen molar-refractivity contribution >= 4 is 39.8 Å². The van der Waals surface area contributed by atoms with Gasteiger partial charge in [-0.3, -0.25) is 5.32 Å². The molecule has 0 radical (unpaired) electrons. The van der Waals surface area contributed by atoms with Crippen molar-refractivity contribution in [3.05, 3.63) is 64.4 Å². The Morgan fingerprint density at radius 1 is 1.12 bits per heavy atom. The molecule has 25 heavy (non-hydrogen) atoms. The summed E-state index contributed by atoms with van der Waals surface area (Å²) < 4.78 is 18.4. The largest absolute Gasteiger partial charge is 0.485 e. The number of carbonyl (C=O) groups excluding carboxylic acids is 1. The highest BCUT2D eigenvalue weighted by Gasteiger charge is 2.10. The molecule has 2 aromatic carbocycles. The number of anilines is 2. The SMILES string of the molecule is O=C(Nc1ccc(F)cc1)Nc1nnc(COc2ccccc2Cl)s1. The van der Waals surface area contributed by atoms with Crippen molar-refractivity contribution in [1.29, 1.82) is 0 Å². The second-order valence-corrected chi connectivity index (χ2v) is 6.28. The molecule has 0 aliphatic heterocycles. The van der Waals surface area contributed by atoms with Crippen LogP contribution in [0.2, 0.25) is 5.02 Å². The van der Waals surface area contributed by atoms with Crippen molar-refractivity contribution < 1.29 is 13.9 Å². The number of nitrogens with one attached hydrogen (secondary N) is 2. The molecule has 0 aliphatic rings. The number of hydrogen-bond acceptors (Lipinski definition) is 5. The molecule has 9 heteroatoms. The highest BCUT2D eigenvalue weighted by molar-refractivity contribution is 7.15. The lowest BCUT2D eigenvalue weighted by atomic mass is 10.3. The maximum atomic E-state index is 12.8. The highest BCUT2D eigenvalue weighted by Crippen LogP contribution is 2.25. The molecule has 0 atom stereocenters. The van der Waals surface area contributed by atoms with Crippen molar-refractivity contribution in [3.63, 3.8) is 0 Å². The monoisotopic (exact) mass is 378 g/mol. The molecular formula is C16H12ClFN4O2S. The molecule has 0 fully saturated rings. The van der Waals surface area contributed by atoms with E-state index in [1.165, 1.54) is 35.6 Å². The van der Waals surface area contributed by atoms with Gasteiger partial charge >= 0.3 is 6.03 Å². The molecule has 1 heterocycles. The van der Waals surface area contributed by atoms with Crippen LogP contribution in [0.4, 0.5) is 20.0 Å². The second-order valence-electron chi connectivity index (χ2n) is 4.81. The summed E-state index contributed by atoms with van der Waals surface area (Å²) in [5.41, 5.74) is 0.464. The summed E-state index contributed by atoms with van der Waals surface area (Å²) in [7, 11) is 0. The molecule has 1 aromatic heterocycles. The Morgan fingerprint density at radius 2 is 1.88 bits per heavy atom. The van der Waals surface area contributed by atoms with E-state index in [1.54, 1.807) is 12.1 Å². The highest BCUT2D eigenvalue weighted by atomic mass is 35.5. The number of hydrogen-bond donors (Lipinski definition) is 2. The summed E-state index contributed by atoms with van der Waals surface area (Å²) >= 11 is 7.18. The lowest BCUT2D eigenvalue weighted by Gasteiger charge is -2.05. The molecule has 0 spiro atoms. The van der Waals surface area contributed by atoms with E-state index in [4.69, 9.17) is 16.3 Å². The molecule has 6 nitrogen and oxygen atoms in total. The van der Waals surface area contributed by atoms with E-state index in [0.29, 0.717) is 26.6 Å². The number of ether oxygens (including phenoxy) is 1. The Kier molecular flexibility index (Phi) is 5.42. The van der Waals surface area contributed by atoms with Gasteiger partial charge in [0.05, 0.1) is 5.02 Å². The summed E-state index contributed by atoms with van der Waals surface area (Å²) in [6.45, 7) is 0.183. The van der Waals surface area contributed by atoms with Gasteiger partial charge in [0.2, 0.25) is 5.13 Å². The fourth-order valence-electron chi connectivity index (χ4n) is 1.86. The smallest absolute Gasteiger partial charge is 0.325 e. The Hall–Kier alpha value is -2.71. The minimum absolute atomic E-state index is 0.183. The van der Waals surface area contributed by atoms with Crippen molar-refractivity contribution in [3.8, 4) is 5.75 Å². The van der Waals surface area contributed by atoms with Gasteiger partial charge in [-0.05, 0) is 36.4 Å². The molecule has 3 aromatic rings. The first kappa shape index (κ1) is 17.1. The van der Waals surface area contributed by atoms with Crippen molar-refractivity contribution in [1.82, 2.24) is 10.2 Å². The fourth-order valence-corrected chi connectivity index (χ4v) is 2.69. The van der Waals surface area contributed by atoms with E-state index >= 15 is 0 Å². The van der Waals surface area contributed by atoms with Crippen LogP contribution in [-0.4, -0.2) is 16.2 Å². The quantitative estimate of drug-likeness (QED) is 0.682. The van der Waals surface area contributed by atoms with Gasteiger partial charge in [-0.2, -0.15) is 0 Å². The summed E-state index contributed by atoms with van der Waals surface area (Å²) in [5.74, 6) is 0.168. The predicted octanol–water partition coefficient (Wildman–Crippen LogP) is 4.55. The summed E-state index contributed by atoms with van der Waals surface area (Å²) in [4.78, 5) is 11.9. The molecule has 0 aliphatic carbocycles. The Balaban J connectivity index is 1.53. The van der Waals surface area contributed by atoms with E-state index < -0.39 is 6.03 Å². The summed E-state index contributed by atoms with van der Waals surface area (Å²) in [5, 5.41) is 14.3. The number of carbonyl (C=O) groups is 1. The Bertz CT molecular complexity index is 873. The third-order valence-corrected chi connectivity index (χ3v) is 4.10. The number of benzene rings is 2. The van der Waals surface area contributed by atoms with Gasteiger partial charge in [0.1, 0.15) is 18.2 Å². The first-order chi connectivity index (χ1) is 12.1. The van der Waals surface area contributed by atoms with E-state index in [9.17, 15) is 9.18 Å². The summed E-state index contributed by atoms with van der Waals surface area (Å²) in [6.07, 6.45) is 0. The number of aromatic nitrogens is 2. The van der Waals surface area contributed by atoms with Crippen LogP contribution in [0.1, 0.15) is 5.01 Å². The molecule has 0 bridgehead atoms. The Morgan fingerprint density at radius 3 is 2.64 bits per heavy atom. The minimum atomic E-state index is -0.499. The van der Waals surface area contributed by atoms with Crippen LogP contribution in [-0.2, 0) is 6.61 Å². The first-order valence-corrected chi connectivity index (χ1v) is 8.33. The molecule has 2 N–H and O–H groups in total. The van der Waals surface area contributed by atoms with Crippen LogP contribution in [0.5, 0.6) is 5.75 Å². The van der Waals surface area contributed by atoms with Crippen LogP contribution < -0.4 is 15.4 Å². The van der Waals surface area contributed by atoms with Gasteiger partial charge in [0, 0.05) is 5.69 Å². The third-order valence-electron chi connectivity index (χ3n) is 2.98. The van der Waals surface area contributed by atoms with Crippen molar-refractivity contribution in [2.24, 2.45) is 0 Å². The third kappa shape index (κ3) is 4.88. The van der Waals surface area contributed by atoms with Gasteiger partial charge < -0.3 is 10.1 Å².